The highest BCUT2D eigenvalue weighted by Gasteiger charge is 2.12. The molecule has 5 nitrogen and oxygen atoms in total. The van der Waals surface area contributed by atoms with Gasteiger partial charge in [-0.15, -0.1) is 0 Å². The average Bonchev–Trinajstić information content (AvgIpc) is 3.02. The van der Waals surface area contributed by atoms with Gasteiger partial charge in [0, 0.05) is 43.6 Å². The lowest BCUT2D eigenvalue weighted by molar-refractivity contribution is 0.553. The molecule has 0 aromatic carbocycles. The first-order valence-corrected chi connectivity index (χ1v) is 6.93. The van der Waals surface area contributed by atoms with Crippen molar-refractivity contribution in [1.29, 1.82) is 0 Å². The van der Waals surface area contributed by atoms with Gasteiger partial charge in [0.05, 0.1) is 11.4 Å². The van der Waals surface area contributed by atoms with Crippen LogP contribution in [0.15, 0.2) is 18.5 Å². The van der Waals surface area contributed by atoms with Crippen molar-refractivity contribution in [1.82, 2.24) is 24.9 Å². The summed E-state index contributed by atoms with van der Waals surface area (Å²) in [7, 11) is 0. The molecule has 0 bridgehead atoms. The fraction of sp³-hybridized carbons (Fsp3) is 0.571. The van der Waals surface area contributed by atoms with Crippen molar-refractivity contribution < 1.29 is 0 Å². The Bertz CT molecular complexity index is 526. The van der Waals surface area contributed by atoms with E-state index in [1.54, 1.807) is 0 Å². The first-order valence-electron chi connectivity index (χ1n) is 6.93. The summed E-state index contributed by atoms with van der Waals surface area (Å²) < 4.78 is 3.93. The van der Waals surface area contributed by atoms with Crippen LogP contribution in [0, 0.1) is 6.92 Å². The summed E-state index contributed by atoms with van der Waals surface area (Å²) >= 11 is 0. The third-order valence-corrected chi connectivity index (χ3v) is 3.38. The number of nitrogens with zero attached hydrogens (tertiary/aromatic N) is 4. The molecule has 0 fully saturated rings. The summed E-state index contributed by atoms with van der Waals surface area (Å²) in [6, 6.07) is 2.35. The van der Waals surface area contributed by atoms with Crippen molar-refractivity contribution in [3.8, 4) is 0 Å². The topological polar surface area (TPSA) is 47.7 Å². The van der Waals surface area contributed by atoms with Crippen molar-refractivity contribution in [3.63, 3.8) is 0 Å². The summed E-state index contributed by atoms with van der Waals surface area (Å²) in [5.74, 6) is 0. The van der Waals surface area contributed by atoms with E-state index >= 15 is 0 Å². The highest BCUT2D eigenvalue weighted by molar-refractivity contribution is 5.19. The van der Waals surface area contributed by atoms with E-state index in [2.05, 4.69) is 55.5 Å². The van der Waals surface area contributed by atoms with E-state index in [1.165, 1.54) is 5.56 Å². The average molecular weight is 261 g/mol. The Morgan fingerprint density at radius 1 is 1.21 bits per heavy atom. The lowest BCUT2D eigenvalue weighted by Gasteiger charge is -2.11. The van der Waals surface area contributed by atoms with Gasteiger partial charge in [-0.3, -0.25) is 9.36 Å². The molecule has 0 amide bonds. The maximum Gasteiger partial charge on any atom is 0.0762 e. The van der Waals surface area contributed by atoms with Gasteiger partial charge in [0.25, 0.3) is 0 Å². The molecule has 19 heavy (non-hydrogen) atoms. The van der Waals surface area contributed by atoms with E-state index in [1.807, 2.05) is 15.6 Å². The first kappa shape index (κ1) is 13.8. The Kier molecular flexibility index (Phi) is 4.37. The van der Waals surface area contributed by atoms with Crippen LogP contribution in [0.5, 0.6) is 0 Å². The van der Waals surface area contributed by atoms with Crippen LogP contribution < -0.4 is 5.32 Å². The SMILES string of the molecule is CCn1ccc(CNC(C)c2cn(CC)nc2C)n1. The first-order chi connectivity index (χ1) is 9.13. The van der Waals surface area contributed by atoms with Crippen molar-refractivity contribution in [2.24, 2.45) is 0 Å². The molecule has 2 aromatic heterocycles. The summed E-state index contributed by atoms with van der Waals surface area (Å²) in [5.41, 5.74) is 3.44. The zero-order valence-corrected chi connectivity index (χ0v) is 12.2. The highest BCUT2D eigenvalue weighted by atomic mass is 15.3. The summed E-state index contributed by atoms with van der Waals surface area (Å²) in [4.78, 5) is 0. The Labute approximate surface area is 114 Å². The van der Waals surface area contributed by atoms with Crippen LogP contribution in [-0.4, -0.2) is 19.6 Å². The van der Waals surface area contributed by atoms with Crippen molar-refractivity contribution in [2.45, 2.75) is 53.4 Å². The van der Waals surface area contributed by atoms with Crippen molar-refractivity contribution >= 4 is 0 Å². The van der Waals surface area contributed by atoms with Gasteiger partial charge >= 0.3 is 0 Å². The van der Waals surface area contributed by atoms with Crippen LogP contribution in [0.4, 0.5) is 0 Å². The lowest BCUT2D eigenvalue weighted by Crippen LogP contribution is -2.19. The Morgan fingerprint density at radius 3 is 2.53 bits per heavy atom. The number of hydrogen-bond acceptors (Lipinski definition) is 3. The van der Waals surface area contributed by atoms with Gasteiger partial charge in [-0.25, -0.2) is 0 Å². The minimum Gasteiger partial charge on any atom is -0.304 e. The van der Waals surface area contributed by atoms with Gasteiger partial charge in [-0.05, 0) is 33.8 Å². The fourth-order valence-corrected chi connectivity index (χ4v) is 2.16. The Balaban J connectivity index is 1.96. The number of nitrogens with one attached hydrogen (secondary N) is 1. The molecule has 0 saturated heterocycles. The van der Waals surface area contributed by atoms with Gasteiger partial charge in [0.1, 0.15) is 0 Å². The van der Waals surface area contributed by atoms with Crippen molar-refractivity contribution in [3.05, 3.63) is 35.4 Å². The van der Waals surface area contributed by atoms with Crippen LogP contribution in [-0.2, 0) is 19.6 Å². The third kappa shape index (κ3) is 3.23. The molecule has 0 aliphatic rings. The smallest absolute Gasteiger partial charge is 0.0762 e. The fourth-order valence-electron chi connectivity index (χ4n) is 2.16. The Hall–Kier alpha value is -1.62. The molecular formula is C14H23N5. The van der Waals surface area contributed by atoms with Crippen LogP contribution in [0.2, 0.25) is 0 Å². The van der Waals surface area contributed by atoms with Crippen molar-refractivity contribution in [2.75, 3.05) is 0 Å². The summed E-state index contributed by atoms with van der Waals surface area (Å²) in [5, 5.41) is 12.5. The predicted octanol–water partition coefficient (Wildman–Crippen LogP) is 2.28. The lowest BCUT2D eigenvalue weighted by atomic mass is 10.1. The molecule has 2 heterocycles. The van der Waals surface area contributed by atoms with Gasteiger partial charge in [0.15, 0.2) is 0 Å². The molecule has 2 aromatic rings. The molecule has 1 atom stereocenters. The molecule has 0 radical (unpaired) electrons. The van der Waals surface area contributed by atoms with E-state index in [0.29, 0.717) is 0 Å². The van der Waals surface area contributed by atoms with Gasteiger partial charge in [-0.2, -0.15) is 10.2 Å². The van der Waals surface area contributed by atoms with E-state index in [9.17, 15) is 0 Å². The molecule has 0 spiro atoms. The van der Waals surface area contributed by atoms with Crippen LogP contribution >= 0.6 is 0 Å². The molecule has 5 heteroatoms. The third-order valence-electron chi connectivity index (χ3n) is 3.38. The largest absolute Gasteiger partial charge is 0.304 e. The molecular weight excluding hydrogens is 238 g/mol. The number of aromatic nitrogens is 4. The number of aryl methyl sites for hydroxylation is 3. The number of hydrogen-bond donors (Lipinski definition) is 1. The molecule has 1 N–H and O–H groups in total. The second-order valence-corrected chi connectivity index (χ2v) is 4.79. The second-order valence-electron chi connectivity index (χ2n) is 4.79. The zero-order chi connectivity index (χ0) is 13.8. The monoisotopic (exact) mass is 261 g/mol. The summed E-state index contributed by atoms with van der Waals surface area (Å²) in [6.45, 7) is 11.0. The van der Waals surface area contributed by atoms with Gasteiger partial charge < -0.3 is 5.32 Å². The normalized spacial score (nSPS) is 12.8. The molecule has 0 aliphatic heterocycles. The van der Waals surface area contributed by atoms with Crippen LogP contribution in [0.25, 0.3) is 0 Å². The maximum atomic E-state index is 4.48. The standard InChI is InChI=1S/C14H23N5/c1-5-18-8-7-13(17-18)9-15-11(3)14-10-19(6-2)16-12(14)4/h7-8,10-11,15H,5-6,9H2,1-4H3. The van der Waals surface area contributed by atoms with E-state index in [4.69, 9.17) is 0 Å². The molecule has 0 aliphatic carbocycles. The van der Waals surface area contributed by atoms with E-state index in [-0.39, 0.29) is 6.04 Å². The minimum absolute atomic E-state index is 0.284. The zero-order valence-electron chi connectivity index (χ0n) is 12.2. The molecule has 104 valence electrons. The van der Waals surface area contributed by atoms with E-state index in [0.717, 1.165) is 31.0 Å². The predicted molar refractivity (Wildman–Crippen MR) is 75.8 cm³/mol. The molecule has 1 unspecified atom stereocenters. The quantitative estimate of drug-likeness (QED) is 0.868. The number of rotatable bonds is 6. The minimum atomic E-state index is 0.284. The van der Waals surface area contributed by atoms with Crippen LogP contribution in [0.3, 0.4) is 0 Å². The van der Waals surface area contributed by atoms with Gasteiger partial charge in [-0.1, -0.05) is 0 Å². The maximum absolute atomic E-state index is 4.48. The van der Waals surface area contributed by atoms with E-state index < -0.39 is 0 Å². The highest BCUT2D eigenvalue weighted by Crippen LogP contribution is 2.16. The second kappa shape index (κ2) is 6.02. The molecule has 0 saturated carbocycles. The van der Waals surface area contributed by atoms with Gasteiger partial charge in [0.2, 0.25) is 0 Å². The summed E-state index contributed by atoms with van der Waals surface area (Å²) in [6.07, 6.45) is 4.14. The van der Waals surface area contributed by atoms with Crippen LogP contribution in [0.1, 0.15) is 43.8 Å². The Morgan fingerprint density at radius 2 is 1.95 bits per heavy atom. The molecule has 2 rings (SSSR count).